The summed E-state index contributed by atoms with van der Waals surface area (Å²) in [6, 6.07) is 3.45. The number of ether oxygens (including phenoxy) is 2. The van der Waals surface area contributed by atoms with Crippen LogP contribution in [0.5, 0.6) is 11.5 Å². The number of hydrogen-bond donors (Lipinski definition) is 2. The third-order valence-corrected chi connectivity index (χ3v) is 3.41. The van der Waals surface area contributed by atoms with Crippen LogP contribution in [0.1, 0.15) is 16.8 Å². The molecule has 0 saturated carbocycles. The van der Waals surface area contributed by atoms with Crippen LogP contribution in [-0.2, 0) is 6.42 Å². The molecule has 2 N–H and O–H groups in total. The Morgan fingerprint density at radius 2 is 1.86 bits per heavy atom. The van der Waals surface area contributed by atoms with E-state index in [9.17, 15) is 9.59 Å². The van der Waals surface area contributed by atoms with E-state index in [0.717, 1.165) is 5.56 Å². The topological polar surface area (TPSA) is 84.2 Å². The van der Waals surface area contributed by atoms with Crippen LogP contribution in [0.15, 0.2) is 21.7 Å². The first-order valence-electron chi connectivity index (χ1n) is 6.18. The van der Waals surface area contributed by atoms with Crippen molar-refractivity contribution in [3.63, 3.8) is 0 Å². The fourth-order valence-corrected chi connectivity index (χ4v) is 2.43. The van der Waals surface area contributed by atoms with Crippen molar-refractivity contribution in [2.75, 3.05) is 14.2 Å². The monoisotopic (exact) mass is 310 g/mol. The highest BCUT2D eigenvalue weighted by molar-refractivity contribution is 6.32. The number of benzene rings is 1. The molecule has 2 rings (SSSR count). The first kappa shape index (κ1) is 15.2. The molecule has 0 saturated heterocycles. The van der Waals surface area contributed by atoms with Crippen molar-refractivity contribution in [3.8, 4) is 11.5 Å². The quantitative estimate of drug-likeness (QED) is 0.899. The zero-order valence-electron chi connectivity index (χ0n) is 11.9. The minimum absolute atomic E-state index is 0.317. The van der Waals surface area contributed by atoms with Gasteiger partial charge in [-0.25, -0.2) is 4.79 Å². The lowest BCUT2D eigenvalue weighted by molar-refractivity contribution is 0.355. The second kappa shape index (κ2) is 6.05. The largest absolute Gasteiger partial charge is 0.493 e. The van der Waals surface area contributed by atoms with Gasteiger partial charge in [0.2, 0.25) is 0 Å². The van der Waals surface area contributed by atoms with Crippen molar-refractivity contribution in [2.45, 2.75) is 13.3 Å². The summed E-state index contributed by atoms with van der Waals surface area (Å²) < 4.78 is 10.4. The molecule has 0 fully saturated rings. The van der Waals surface area contributed by atoms with Crippen LogP contribution in [0, 0.1) is 6.92 Å². The van der Waals surface area contributed by atoms with E-state index >= 15 is 0 Å². The van der Waals surface area contributed by atoms with E-state index in [1.807, 2.05) is 0 Å². The van der Waals surface area contributed by atoms with E-state index in [1.165, 1.54) is 14.2 Å². The Labute approximate surface area is 125 Å². The zero-order chi connectivity index (χ0) is 15.6. The number of halogens is 1. The van der Waals surface area contributed by atoms with Crippen LogP contribution in [-0.4, -0.2) is 24.2 Å². The summed E-state index contributed by atoms with van der Waals surface area (Å²) in [4.78, 5) is 27.8. The maximum Gasteiger partial charge on any atom is 0.325 e. The van der Waals surface area contributed by atoms with Crippen LogP contribution in [0.2, 0.25) is 5.02 Å². The summed E-state index contributed by atoms with van der Waals surface area (Å²) >= 11 is 6.14. The molecule has 0 amide bonds. The summed E-state index contributed by atoms with van der Waals surface area (Å²) in [5.41, 5.74) is 0.833. The van der Waals surface area contributed by atoms with Crippen molar-refractivity contribution in [3.05, 3.63) is 54.8 Å². The summed E-state index contributed by atoms with van der Waals surface area (Å²) in [7, 11) is 3.01. The van der Waals surface area contributed by atoms with Gasteiger partial charge in [0.1, 0.15) is 0 Å². The molecular formula is C14H15ClN2O4. The molecular weight excluding hydrogens is 296 g/mol. The number of hydrogen-bond acceptors (Lipinski definition) is 4. The third kappa shape index (κ3) is 3.11. The van der Waals surface area contributed by atoms with Crippen LogP contribution >= 0.6 is 11.6 Å². The maximum absolute atomic E-state index is 11.9. The molecule has 0 radical (unpaired) electrons. The van der Waals surface area contributed by atoms with Gasteiger partial charge in [0, 0.05) is 17.7 Å². The van der Waals surface area contributed by atoms with Gasteiger partial charge in [0.25, 0.3) is 5.56 Å². The molecule has 1 aromatic heterocycles. The van der Waals surface area contributed by atoms with Gasteiger partial charge in [-0.3, -0.25) is 9.78 Å². The van der Waals surface area contributed by atoms with Gasteiger partial charge >= 0.3 is 5.69 Å². The molecule has 0 atom stereocenters. The molecule has 112 valence electrons. The van der Waals surface area contributed by atoms with Gasteiger partial charge in [-0.15, -0.1) is 0 Å². The molecule has 1 aromatic carbocycles. The van der Waals surface area contributed by atoms with Crippen molar-refractivity contribution in [2.24, 2.45) is 0 Å². The Morgan fingerprint density at radius 1 is 1.14 bits per heavy atom. The smallest absolute Gasteiger partial charge is 0.325 e. The third-order valence-electron chi connectivity index (χ3n) is 3.13. The standard InChI is InChI=1S/C14H15ClN2O4/c1-7-9(13(18)17-14(19)16-7)4-8-5-10(15)12(21-3)11(6-8)20-2/h5-6H,4H2,1-3H3,(H2,16,17,18,19). The molecule has 0 unspecified atom stereocenters. The van der Waals surface area contributed by atoms with Crippen LogP contribution < -0.4 is 20.7 Å². The molecule has 0 bridgehead atoms. The molecule has 6 nitrogen and oxygen atoms in total. The minimum Gasteiger partial charge on any atom is -0.493 e. The number of methoxy groups -OCH3 is 2. The second-order valence-corrected chi connectivity index (χ2v) is 4.91. The van der Waals surface area contributed by atoms with E-state index in [4.69, 9.17) is 21.1 Å². The normalized spacial score (nSPS) is 10.5. The molecule has 0 spiro atoms. The summed E-state index contributed by atoms with van der Waals surface area (Å²) in [5.74, 6) is 0.925. The second-order valence-electron chi connectivity index (χ2n) is 4.50. The Balaban J connectivity index is 2.48. The Hall–Kier alpha value is -2.21. The number of rotatable bonds is 4. The van der Waals surface area contributed by atoms with Gasteiger partial charge < -0.3 is 14.5 Å². The first-order chi connectivity index (χ1) is 9.96. The van der Waals surface area contributed by atoms with E-state index in [0.29, 0.717) is 34.2 Å². The number of aromatic amines is 2. The van der Waals surface area contributed by atoms with Crippen molar-refractivity contribution in [1.82, 2.24) is 9.97 Å². The first-order valence-corrected chi connectivity index (χ1v) is 6.56. The highest BCUT2D eigenvalue weighted by Crippen LogP contribution is 2.36. The zero-order valence-corrected chi connectivity index (χ0v) is 12.6. The van der Waals surface area contributed by atoms with Crippen LogP contribution in [0.4, 0.5) is 0 Å². The molecule has 7 heteroatoms. The molecule has 1 heterocycles. The highest BCUT2D eigenvalue weighted by atomic mass is 35.5. The number of nitrogens with one attached hydrogen (secondary N) is 2. The van der Waals surface area contributed by atoms with Crippen LogP contribution in [0.25, 0.3) is 0 Å². The van der Waals surface area contributed by atoms with Gasteiger partial charge in [-0.05, 0) is 24.6 Å². The molecule has 2 aromatic rings. The SMILES string of the molecule is COc1cc(Cc2c(C)[nH]c(=O)[nH]c2=O)cc(Cl)c1OC. The fourth-order valence-electron chi connectivity index (χ4n) is 2.12. The van der Waals surface area contributed by atoms with Gasteiger partial charge in [-0.2, -0.15) is 0 Å². The predicted octanol–water partition coefficient (Wildman–Crippen LogP) is 1.63. The van der Waals surface area contributed by atoms with E-state index in [-0.39, 0.29) is 0 Å². The Bertz CT molecular complexity index is 780. The summed E-state index contributed by atoms with van der Waals surface area (Å²) in [6.45, 7) is 1.67. The number of H-pyrrole nitrogens is 2. The molecule has 0 aliphatic heterocycles. The van der Waals surface area contributed by atoms with Crippen LogP contribution in [0.3, 0.4) is 0 Å². The Morgan fingerprint density at radius 3 is 2.43 bits per heavy atom. The van der Waals surface area contributed by atoms with Gasteiger partial charge in [0.15, 0.2) is 11.5 Å². The lowest BCUT2D eigenvalue weighted by Gasteiger charge is -2.12. The van der Waals surface area contributed by atoms with Gasteiger partial charge in [-0.1, -0.05) is 11.6 Å². The average Bonchev–Trinajstić information content (AvgIpc) is 2.42. The molecule has 0 aliphatic carbocycles. The van der Waals surface area contributed by atoms with E-state index in [2.05, 4.69) is 9.97 Å². The van der Waals surface area contributed by atoms with Gasteiger partial charge in [0.05, 0.1) is 19.2 Å². The lowest BCUT2D eigenvalue weighted by Crippen LogP contribution is -2.27. The maximum atomic E-state index is 11.9. The summed E-state index contributed by atoms with van der Waals surface area (Å²) in [5, 5.41) is 0.394. The van der Waals surface area contributed by atoms with Crippen molar-refractivity contribution >= 4 is 11.6 Å². The molecule has 21 heavy (non-hydrogen) atoms. The molecule has 0 aliphatic rings. The average molecular weight is 311 g/mol. The lowest BCUT2D eigenvalue weighted by atomic mass is 10.0. The van der Waals surface area contributed by atoms with E-state index in [1.54, 1.807) is 19.1 Å². The fraction of sp³-hybridized carbons (Fsp3) is 0.286. The minimum atomic E-state index is -0.522. The number of aromatic nitrogens is 2. The van der Waals surface area contributed by atoms with Crippen molar-refractivity contribution in [1.29, 1.82) is 0 Å². The summed E-state index contributed by atoms with van der Waals surface area (Å²) in [6.07, 6.45) is 0.317. The predicted molar refractivity (Wildman–Crippen MR) is 79.8 cm³/mol. The number of aryl methyl sites for hydroxylation is 1. The highest BCUT2D eigenvalue weighted by Gasteiger charge is 2.13. The van der Waals surface area contributed by atoms with Crippen molar-refractivity contribution < 1.29 is 9.47 Å². The van der Waals surface area contributed by atoms with E-state index < -0.39 is 11.2 Å². The Kier molecular flexibility index (Phi) is 4.37.